The molecular formula is C27H25Br2ClN6O8. The number of esters is 2. The summed E-state index contributed by atoms with van der Waals surface area (Å²) in [5.74, 6) is -1.33. The van der Waals surface area contributed by atoms with Gasteiger partial charge in [-0.05, 0) is 36.4 Å². The number of nitro groups is 2. The van der Waals surface area contributed by atoms with Crippen LogP contribution in [0.4, 0.5) is 28.6 Å². The van der Waals surface area contributed by atoms with Crippen LogP contribution in [0.5, 0.6) is 0 Å². The number of carbonyl (C=O) groups is 2. The first-order chi connectivity index (χ1) is 20.4. The highest BCUT2D eigenvalue weighted by atomic mass is 79.9. The molecule has 2 aromatic carbocycles. The van der Waals surface area contributed by atoms with E-state index in [0.717, 1.165) is 33.0 Å². The maximum atomic E-state index is 11.4. The molecule has 3 N–H and O–H groups in total. The lowest BCUT2D eigenvalue weighted by Gasteiger charge is -2.07. The molecule has 0 unspecified atom stereocenters. The molecular weight excluding hydrogens is 732 g/mol. The first-order valence-electron chi connectivity index (χ1n) is 11.5. The van der Waals surface area contributed by atoms with Crippen molar-refractivity contribution in [3.63, 3.8) is 0 Å². The van der Waals surface area contributed by atoms with Crippen molar-refractivity contribution in [2.75, 3.05) is 25.3 Å². The molecule has 0 radical (unpaired) electrons. The average molecular weight is 757 g/mol. The second-order valence-corrected chi connectivity index (χ2v) is 10.0. The number of nitrogen functional groups attached to an aromatic ring is 1. The summed E-state index contributed by atoms with van der Waals surface area (Å²) in [6, 6.07) is 16.8. The zero-order valence-electron chi connectivity index (χ0n) is 22.2. The van der Waals surface area contributed by atoms with Gasteiger partial charge in [-0.1, -0.05) is 63.0 Å². The van der Waals surface area contributed by atoms with Gasteiger partial charge in [-0.2, -0.15) is 0 Å². The normalized spacial score (nSPS) is 9.48. The minimum Gasteiger partial charge on any atom is -0.465 e. The summed E-state index contributed by atoms with van der Waals surface area (Å²) in [6.45, 7) is 0. The van der Waals surface area contributed by atoms with Crippen molar-refractivity contribution in [2.45, 2.75) is 7.43 Å². The van der Waals surface area contributed by atoms with Gasteiger partial charge in [-0.3, -0.25) is 20.2 Å². The van der Waals surface area contributed by atoms with Crippen LogP contribution >= 0.6 is 43.5 Å². The SMILES string of the molecule is C.COC(=O)c1cnc(Cl)c([N+](=O)[O-])c1.COC(=O)c1cnc(Nc2cccc(Br)c2)c([N+](=O)[O-])c1.Nc1cccc(Br)c1. The number of benzene rings is 2. The Morgan fingerprint density at radius 1 is 0.841 bits per heavy atom. The van der Waals surface area contributed by atoms with Crippen molar-refractivity contribution in [3.8, 4) is 0 Å². The molecule has 0 aliphatic heterocycles. The number of halogens is 3. The number of ether oxygens (including phenoxy) is 2. The molecule has 232 valence electrons. The molecule has 0 fully saturated rings. The van der Waals surface area contributed by atoms with Crippen LogP contribution in [0.25, 0.3) is 0 Å². The molecule has 2 aromatic heterocycles. The summed E-state index contributed by atoms with van der Waals surface area (Å²) < 4.78 is 10.7. The first-order valence-corrected chi connectivity index (χ1v) is 13.5. The van der Waals surface area contributed by atoms with Crippen LogP contribution < -0.4 is 11.1 Å². The number of hydrogen-bond donors (Lipinski definition) is 2. The first kappa shape index (κ1) is 37.4. The van der Waals surface area contributed by atoms with Gasteiger partial charge in [0.25, 0.3) is 0 Å². The van der Waals surface area contributed by atoms with E-state index in [1.54, 1.807) is 18.2 Å². The van der Waals surface area contributed by atoms with Gasteiger partial charge in [-0.15, -0.1) is 0 Å². The van der Waals surface area contributed by atoms with Gasteiger partial charge in [0.15, 0.2) is 0 Å². The number of rotatable bonds is 6. The third-order valence-electron chi connectivity index (χ3n) is 4.86. The second-order valence-electron chi connectivity index (χ2n) is 7.81. The number of nitrogens with zero attached hydrogens (tertiary/aromatic N) is 4. The fourth-order valence-electron chi connectivity index (χ4n) is 2.92. The molecule has 14 nitrogen and oxygen atoms in total. The van der Waals surface area contributed by atoms with Crippen LogP contribution in [0.15, 0.2) is 82.0 Å². The molecule has 0 saturated heterocycles. The summed E-state index contributed by atoms with van der Waals surface area (Å²) >= 11 is 12.0. The summed E-state index contributed by atoms with van der Waals surface area (Å²) in [5, 5.41) is 24.1. The maximum Gasteiger partial charge on any atom is 0.339 e. The van der Waals surface area contributed by atoms with Gasteiger partial charge in [-0.25, -0.2) is 19.6 Å². The second kappa shape index (κ2) is 18.1. The van der Waals surface area contributed by atoms with E-state index in [-0.39, 0.29) is 35.2 Å². The molecule has 0 aliphatic carbocycles. The van der Waals surface area contributed by atoms with Crippen molar-refractivity contribution in [2.24, 2.45) is 0 Å². The van der Waals surface area contributed by atoms with E-state index in [1.165, 1.54) is 20.4 Å². The molecule has 44 heavy (non-hydrogen) atoms. The van der Waals surface area contributed by atoms with Crippen molar-refractivity contribution in [1.82, 2.24) is 9.97 Å². The van der Waals surface area contributed by atoms with Crippen LogP contribution in [0, 0.1) is 20.2 Å². The zero-order valence-corrected chi connectivity index (χ0v) is 26.1. The Labute approximate surface area is 273 Å². The quantitative estimate of drug-likeness (QED) is 0.0651. The molecule has 0 saturated carbocycles. The number of aromatic nitrogens is 2. The Balaban J connectivity index is 0.000000362. The zero-order chi connectivity index (χ0) is 32.1. The van der Waals surface area contributed by atoms with Gasteiger partial charge in [0.1, 0.15) is 0 Å². The Morgan fingerprint density at radius 3 is 1.80 bits per heavy atom. The van der Waals surface area contributed by atoms with Gasteiger partial charge in [0, 0.05) is 44.8 Å². The number of nitrogens with two attached hydrogens (primary N) is 1. The standard InChI is InChI=1S/C13H10BrN3O4.C7H5ClN2O4.C6H6BrN.CH4/c1-21-13(18)8-5-11(17(19)20)12(15-7-8)16-10-4-2-3-9(14)6-10;1-14-7(11)4-2-5(10(12)13)6(8)9-3-4;7-5-2-1-3-6(8)4-5;/h2-7H,1H3,(H,15,16);2-3H,1H3;1-4H,8H2;1H4. The number of pyridine rings is 2. The van der Waals surface area contributed by atoms with Crippen LogP contribution in [0.1, 0.15) is 28.1 Å². The summed E-state index contributed by atoms with van der Waals surface area (Å²) in [4.78, 5) is 50.0. The maximum absolute atomic E-state index is 11.4. The summed E-state index contributed by atoms with van der Waals surface area (Å²) in [5.41, 5.74) is 6.13. The third kappa shape index (κ3) is 11.5. The molecule has 4 rings (SSSR count). The number of nitrogens with one attached hydrogen (secondary N) is 1. The minimum atomic E-state index is -0.720. The predicted molar refractivity (Wildman–Crippen MR) is 172 cm³/mol. The minimum absolute atomic E-state index is 0. The molecule has 0 atom stereocenters. The summed E-state index contributed by atoms with van der Waals surface area (Å²) in [6.07, 6.45) is 2.33. The van der Waals surface area contributed by atoms with Crippen molar-refractivity contribution in [3.05, 3.63) is 119 Å². The molecule has 0 spiro atoms. The lowest BCUT2D eigenvalue weighted by Crippen LogP contribution is -2.06. The fraction of sp³-hybridized carbons (Fsp3) is 0.111. The van der Waals surface area contributed by atoms with E-state index < -0.39 is 27.5 Å². The topological polar surface area (TPSA) is 203 Å². The van der Waals surface area contributed by atoms with Crippen molar-refractivity contribution < 1.29 is 28.9 Å². The predicted octanol–water partition coefficient (Wildman–Crippen LogP) is 7.38. The Kier molecular flexibility index (Phi) is 15.4. The van der Waals surface area contributed by atoms with Gasteiger partial charge >= 0.3 is 23.3 Å². The highest BCUT2D eigenvalue weighted by Gasteiger charge is 2.20. The average Bonchev–Trinajstić information content (AvgIpc) is 2.97. The van der Waals surface area contributed by atoms with Crippen molar-refractivity contribution in [1.29, 1.82) is 0 Å². The summed E-state index contributed by atoms with van der Waals surface area (Å²) in [7, 11) is 2.37. The van der Waals surface area contributed by atoms with E-state index in [2.05, 4.69) is 56.6 Å². The third-order valence-corrected chi connectivity index (χ3v) is 6.14. The van der Waals surface area contributed by atoms with E-state index in [1.807, 2.05) is 30.3 Å². The molecule has 0 amide bonds. The van der Waals surface area contributed by atoms with Crippen LogP contribution in [0.2, 0.25) is 5.15 Å². The molecule has 4 aromatic rings. The number of carbonyl (C=O) groups excluding carboxylic acids is 2. The number of hydrogen-bond acceptors (Lipinski definition) is 12. The van der Waals surface area contributed by atoms with Crippen LogP contribution in [-0.4, -0.2) is 46.0 Å². The highest BCUT2D eigenvalue weighted by Crippen LogP contribution is 2.27. The monoisotopic (exact) mass is 754 g/mol. The van der Waals surface area contributed by atoms with Crippen molar-refractivity contribution >= 4 is 84.0 Å². The Bertz CT molecular complexity index is 1630. The van der Waals surface area contributed by atoms with Crippen LogP contribution in [-0.2, 0) is 9.47 Å². The van der Waals surface area contributed by atoms with E-state index in [4.69, 9.17) is 17.3 Å². The van der Waals surface area contributed by atoms with Gasteiger partial charge in [0.2, 0.25) is 11.0 Å². The smallest absolute Gasteiger partial charge is 0.339 e. The molecule has 0 aliphatic rings. The van der Waals surface area contributed by atoms with Crippen LogP contribution in [0.3, 0.4) is 0 Å². The van der Waals surface area contributed by atoms with Gasteiger partial charge in [0.05, 0.1) is 35.2 Å². The Morgan fingerprint density at radius 2 is 1.34 bits per heavy atom. The fourth-order valence-corrected chi connectivity index (χ4v) is 3.91. The molecule has 2 heterocycles. The van der Waals surface area contributed by atoms with E-state index >= 15 is 0 Å². The molecule has 17 heteroatoms. The van der Waals surface area contributed by atoms with E-state index in [9.17, 15) is 29.8 Å². The molecule has 0 bridgehead atoms. The number of anilines is 3. The highest BCUT2D eigenvalue weighted by molar-refractivity contribution is 9.10. The number of methoxy groups -OCH3 is 2. The lowest BCUT2D eigenvalue weighted by molar-refractivity contribution is -0.385. The van der Waals surface area contributed by atoms with Gasteiger partial charge < -0.3 is 20.5 Å². The van der Waals surface area contributed by atoms with E-state index in [0.29, 0.717) is 5.69 Å². The largest absolute Gasteiger partial charge is 0.465 e. The lowest BCUT2D eigenvalue weighted by atomic mass is 10.2. The Hall–Kier alpha value is -4.67.